The molecule has 0 radical (unpaired) electrons. The van der Waals surface area contributed by atoms with Gasteiger partial charge >= 0.3 is 6.61 Å². The predicted molar refractivity (Wildman–Crippen MR) is 110 cm³/mol. The van der Waals surface area contributed by atoms with Crippen LogP contribution in [0.3, 0.4) is 0 Å². The van der Waals surface area contributed by atoms with Gasteiger partial charge in [-0.15, -0.1) is 11.8 Å². The van der Waals surface area contributed by atoms with Crippen molar-refractivity contribution < 1.29 is 22.8 Å². The molecule has 0 spiro atoms. The number of nitrogens with one attached hydrogen (secondary N) is 1. The highest BCUT2D eigenvalue weighted by Gasteiger charge is 2.13. The first-order valence-corrected chi connectivity index (χ1v) is 10.2. The van der Waals surface area contributed by atoms with Crippen molar-refractivity contribution in [3.05, 3.63) is 64.3 Å². The third kappa shape index (κ3) is 6.09. The first kappa shape index (κ1) is 21.4. The van der Waals surface area contributed by atoms with Gasteiger partial charge in [0.2, 0.25) is 5.91 Å². The van der Waals surface area contributed by atoms with Gasteiger partial charge in [0.15, 0.2) is 0 Å². The molecule has 1 aromatic heterocycles. The summed E-state index contributed by atoms with van der Waals surface area (Å²) in [6, 6.07) is 12.8. The van der Waals surface area contributed by atoms with Crippen LogP contribution in [0.25, 0.3) is 11.3 Å². The lowest BCUT2D eigenvalue weighted by atomic mass is 10.1. The van der Waals surface area contributed by atoms with Crippen molar-refractivity contribution in [1.29, 1.82) is 0 Å². The summed E-state index contributed by atoms with van der Waals surface area (Å²) in [5.74, 6) is 0.577. The number of hydrogen-bond acceptors (Lipinski definition) is 5. The Morgan fingerprint density at radius 3 is 2.76 bits per heavy atom. The van der Waals surface area contributed by atoms with Crippen LogP contribution in [0.2, 0.25) is 10.0 Å². The van der Waals surface area contributed by atoms with Gasteiger partial charge in [0.05, 0.1) is 22.2 Å². The van der Waals surface area contributed by atoms with Crippen LogP contribution in [0, 0.1) is 0 Å². The number of benzene rings is 2. The van der Waals surface area contributed by atoms with Crippen LogP contribution in [-0.4, -0.2) is 23.4 Å². The van der Waals surface area contributed by atoms with Gasteiger partial charge in [-0.25, -0.2) is 0 Å². The fraction of sp³-hybridized carbons (Fsp3) is 0.158. The average Bonchev–Trinajstić information content (AvgIpc) is 3.11. The Bertz CT molecular complexity index is 1000. The van der Waals surface area contributed by atoms with E-state index in [4.69, 9.17) is 27.7 Å². The van der Waals surface area contributed by atoms with Crippen LogP contribution in [0.1, 0.15) is 5.76 Å². The number of anilines is 1. The number of ether oxygens (including phenoxy) is 1. The van der Waals surface area contributed by atoms with Crippen LogP contribution < -0.4 is 10.1 Å². The van der Waals surface area contributed by atoms with E-state index in [0.717, 1.165) is 0 Å². The molecule has 2 aromatic carbocycles. The number of rotatable bonds is 8. The van der Waals surface area contributed by atoms with Gasteiger partial charge in [-0.1, -0.05) is 40.5 Å². The van der Waals surface area contributed by atoms with Gasteiger partial charge in [-0.05, 0) is 30.3 Å². The minimum atomic E-state index is -2.97. The van der Waals surface area contributed by atoms with Gasteiger partial charge in [0.25, 0.3) is 0 Å². The second-order valence-electron chi connectivity index (χ2n) is 5.72. The molecule has 1 amide bonds. The molecule has 0 aliphatic carbocycles. The van der Waals surface area contributed by atoms with E-state index in [-0.39, 0.29) is 23.1 Å². The van der Waals surface area contributed by atoms with Crippen molar-refractivity contribution >= 4 is 46.6 Å². The molecule has 0 atom stereocenters. The van der Waals surface area contributed by atoms with E-state index in [1.54, 1.807) is 30.3 Å². The fourth-order valence-electron chi connectivity index (χ4n) is 2.40. The van der Waals surface area contributed by atoms with E-state index in [1.165, 1.54) is 30.0 Å². The number of alkyl halides is 2. The minimum Gasteiger partial charge on any atom is -0.433 e. The molecule has 29 heavy (non-hydrogen) atoms. The molecule has 152 valence electrons. The van der Waals surface area contributed by atoms with Crippen molar-refractivity contribution in [2.75, 3.05) is 11.1 Å². The SMILES string of the molecule is O=C(CSCc1cc(-c2ccc(Cl)cc2Cl)no1)Nc1ccccc1OC(F)F. The first-order chi connectivity index (χ1) is 13.9. The number of aromatic nitrogens is 1. The summed E-state index contributed by atoms with van der Waals surface area (Å²) < 4.78 is 34.5. The standard InChI is InChI=1S/C19H14Cl2F2N2O3S/c20-11-5-6-13(14(21)7-11)16-8-12(28-25-16)9-29-10-18(26)24-15-3-1-2-4-17(15)27-19(22)23/h1-8,19H,9-10H2,(H,24,26). The second kappa shape index (κ2) is 9.96. The van der Waals surface area contributed by atoms with Crippen molar-refractivity contribution in [3.63, 3.8) is 0 Å². The van der Waals surface area contributed by atoms with Gasteiger partial charge in [0.1, 0.15) is 17.2 Å². The lowest BCUT2D eigenvalue weighted by Gasteiger charge is -2.11. The van der Waals surface area contributed by atoms with Gasteiger partial charge < -0.3 is 14.6 Å². The fourth-order valence-corrected chi connectivity index (χ4v) is 3.61. The van der Waals surface area contributed by atoms with E-state index in [0.29, 0.717) is 32.8 Å². The number of carbonyl (C=O) groups is 1. The predicted octanol–water partition coefficient (Wildman–Crippen LogP) is 6.12. The Morgan fingerprint density at radius 1 is 1.21 bits per heavy atom. The van der Waals surface area contributed by atoms with Crippen molar-refractivity contribution in [2.45, 2.75) is 12.4 Å². The lowest BCUT2D eigenvalue weighted by Crippen LogP contribution is -2.15. The summed E-state index contributed by atoms with van der Waals surface area (Å²) in [5.41, 5.74) is 1.42. The summed E-state index contributed by atoms with van der Waals surface area (Å²) >= 11 is 13.3. The van der Waals surface area contributed by atoms with Crippen LogP contribution >= 0.6 is 35.0 Å². The molecule has 3 rings (SSSR count). The molecule has 0 aliphatic rings. The van der Waals surface area contributed by atoms with Crippen LogP contribution in [0.5, 0.6) is 5.75 Å². The number of amides is 1. The minimum absolute atomic E-state index is 0.0841. The number of nitrogens with zero attached hydrogens (tertiary/aromatic N) is 1. The molecule has 0 aliphatic heterocycles. The number of carbonyl (C=O) groups excluding carboxylic acids is 1. The number of para-hydroxylation sites is 2. The van der Waals surface area contributed by atoms with Crippen molar-refractivity contribution in [3.8, 4) is 17.0 Å². The average molecular weight is 459 g/mol. The molecule has 1 N–H and O–H groups in total. The van der Waals surface area contributed by atoms with E-state index < -0.39 is 6.61 Å². The van der Waals surface area contributed by atoms with Gasteiger partial charge in [-0.2, -0.15) is 8.78 Å². The normalized spacial score (nSPS) is 10.9. The van der Waals surface area contributed by atoms with Gasteiger partial charge in [-0.3, -0.25) is 4.79 Å². The van der Waals surface area contributed by atoms with Crippen molar-refractivity contribution in [1.82, 2.24) is 5.16 Å². The Kier molecular flexibility index (Phi) is 7.35. The smallest absolute Gasteiger partial charge is 0.387 e. The number of halogens is 4. The Hall–Kier alpha value is -2.29. The zero-order valence-electron chi connectivity index (χ0n) is 14.7. The molecule has 0 unspecified atom stereocenters. The Balaban J connectivity index is 1.53. The molecular weight excluding hydrogens is 445 g/mol. The first-order valence-electron chi connectivity index (χ1n) is 8.25. The molecule has 0 bridgehead atoms. The van der Waals surface area contributed by atoms with E-state index in [1.807, 2.05) is 0 Å². The maximum Gasteiger partial charge on any atom is 0.387 e. The highest BCUT2D eigenvalue weighted by molar-refractivity contribution is 7.99. The Labute approximate surface area is 179 Å². The number of hydrogen-bond donors (Lipinski definition) is 1. The third-order valence-corrected chi connectivity index (χ3v) is 5.12. The molecule has 5 nitrogen and oxygen atoms in total. The molecular formula is C19H14Cl2F2N2O3S. The van der Waals surface area contributed by atoms with Crippen LogP contribution in [-0.2, 0) is 10.5 Å². The van der Waals surface area contributed by atoms with Crippen molar-refractivity contribution in [2.24, 2.45) is 0 Å². The zero-order valence-corrected chi connectivity index (χ0v) is 17.0. The van der Waals surface area contributed by atoms with E-state index in [2.05, 4.69) is 15.2 Å². The van der Waals surface area contributed by atoms with Crippen LogP contribution in [0.15, 0.2) is 53.1 Å². The molecule has 1 heterocycles. The highest BCUT2D eigenvalue weighted by atomic mass is 35.5. The molecule has 3 aromatic rings. The second-order valence-corrected chi connectivity index (χ2v) is 7.55. The maximum atomic E-state index is 12.4. The monoisotopic (exact) mass is 458 g/mol. The summed E-state index contributed by atoms with van der Waals surface area (Å²) in [6.45, 7) is -2.97. The molecule has 0 saturated heterocycles. The summed E-state index contributed by atoms with van der Waals surface area (Å²) in [4.78, 5) is 12.1. The summed E-state index contributed by atoms with van der Waals surface area (Å²) in [5, 5.41) is 7.50. The highest BCUT2D eigenvalue weighted by Crippen LogP contribution is 2.31. The molecule has 10 heteroatoms. The Morgan fingerprint density at radius 2 is 2.00 bits per heavy atom. The largest absolute Gasteiger partial charge is 0.433 e. The third-order valence-electron chi connectivity index (χ3n) is 3.62. The summed E-state index contributed by atoms with van der Waals surface area (Å²) in [7, 11) is 0. The molecule has 0 saturated carbocycles. The van der Waals surface area contributed by atoms with Crippen LogP contribution in [0.4, 0.5) is 14.5 Å². The van der Waals surface area contributed by atoms with E-state index >= 15 is 0 Å². The maximum absolute atomic E-state index is 12.4. The summed E-state index contributed by atoms with van der Waals surface area (Å²) in [6.07, 6.45) is 0. The van der Waals surface area contributed by atoms with E-state index in [9.17, 15) is 13.6 Å². The van der Waals surface area contributed by atoms with Gasteiger partial charge in [0, 0.05) is 16.7 Å². The number of thioether (sulfide) groups is 1. The topological polar surface area (TPSA) is 64.4 Å². The lowest BCUT2D eigenvalue weighted by molar-refractivity contribution is -0.113. The zero-order chi connectivity index (χ0) is 20.8. The molecule has 0 fully saturated rings. The quantitative estimate of drug-likeness (QED) is 0.440.